The maximum Gasteiger partial charge on any atom is 4.00 e. The summed E-state index contributed by atoms with van der Waals surface area (Å²) in [7, 11) is 0. The first-order chi connectivity index (χ1) is 15.4. The van der Waals surface area contributed by atoms with Gasteiger partial charge in [0, 0.05) is 0 Å². The number of halogens is 2. The Balaban J connectivity index is 0.000000231. The molecule has 5 aromatic carbocycles. The predicted octanol–water partition coefficient (Wildman–Crippen LogP) is 2.21. The van der Waals surface area contributed by atoms with Gasteiger partial charge in [-0.2, -0.15) is 0 Å². The standard InChI is InChI=1S/C18H13.C13H11.2ClH.Zr/c1-2-7-13(6-1)15-10-5-11-17-16-9-4-3-8-14(16)12-18(15)17;1-3-7-12(8-4-1)11-13-9-5-2-6-10-13;;;/h1-13H;1-11H;2*1H;/q2*-1;;;+4/p-2. The van der Waals surface area contributed by atoms with Gasteiger partial charge in [-0.25, -0.2) is 0 Å². The van der Waals surface area contributed by atoms with Crippen LogP contribution in [0, 0.1) is 6.42 Å². The maximum absolute atomic E-state index is 2.32. The van der Waals surface area contributed by atoms with Crippen molar-refractivity contribution in [1.82, 2.24) is 0 Å². The van der Waals surface area contributed by atoms with Crippen LogP contribution in [0.1, 0.15) is 22.6 Å². The minimum Gasteiger partial charge on any atom is -1.00 e. The van der Waals surface area contributed by atoms with Gasteiger partial charge in [0.15, 0.2) is 0 Å². The van der Waals surface area contributed by atoms with Crippen molar-refractivity contribution in [3.8, 4) is 0 Å². The van der Waals surface area contributed by atoms with Gasteiger partial charge in [-0.1, -0.05) is 103 Å². The summed E-state index contributed by atoms with van der Waals surface area (Å²) >= 11 is 0. The predicted molar refractivity (Wildman–Crippen MR) is 133 cm³/mol. The molecular formula is C31H24Cl2Zr. The van der Waals surface area contributed by atoms with Gasteiger partial charge in [-0.05, 0) is 5.92 Å². The van der Waals surface area contributed by atoms with Gasteiger partial charge in [0.25, 0.3) is 0 Å². The monoisotopic (exact) mass is 556 g/mol. The van der Waals surface area contributed by atoms with E-state index in [0.717, 1.165) is 0 Å². The summed E-state index contributed by atoms with van der Waals surface area (Å²) in [6.45, 7) is 0. The minimum atomic E-state index is 0. The molecule has 34 heavy (non-hydrogen) atoms. The van der Waals surface area contributed by atoms with E-state index in [2.05, 4.69) is 128 Å². The van der Waals surface area contributed by atoms with Crippen molar-refractivity contribution in [3.05, 3.63) is 157 Å². The molecule has 0 nitrogen and oxygen atoms in total. The van der Waals surface area contributed by atoms with Gasteiger partial charge in [0.1, 0.15) is 0 Å². The average Bonchev–Trinajstić information content (AvgIpc) is 3.49. The first-order valence-electron chi connectivity index (χ1n) is 10.8. The van der Waals surface area contributed by atoms with Crippen LogP contribution in [-0.4, -0.2) is 0 Å². The van der Waals surface area contributed by atoms with Gasteiger partial charge in [-0.3, -0.25) is 0 Å². The third kappa shape index (κ3) is 6.36. The third-order valence-electron chi connectivity index (χ3n) is 5.73. The molecule has 0 heterocycles. The van der Waals surface area contributed by atoms with Crippen molar-refractivity contribution in [1.29, 1.82) is 0 Å². The summed E-state index contributed by atoms with van der Waals surface area (Å²) in [6, 6.07) is 38.3. The zero-order valence-electron chi connectivity index (χ0n) is 18.6. The summed E-state index contributed by atoms with van der Waals surface area (Å²) in [4.78, 5) is 0. The second-order valence-corrected chi connectivity index (χ2v) is 7.80. The largest absolute Gasteiger partial charge is 4.00 e. The summed E-state index contributed by atoms with van der Waals surface area (Å²) in [5.41, 5.74) is 3.90. The topological polar surface area (TPSA) is 0 Å². The van der Waals surface area contributed by atoms with Crippen LogP contribution in [-0.2, 0) is 26.2 Å². The summed E-state index contributed by atoms with van der Waals surface area (Å²) < 4.78 is 0. The van der Waals surface area contributed by atoms with Crippen molar-refractivity contribution in [2.45, 2.75) is 5.92 Å². The van der Waals surface area contributed by atoms with Gasteiger partial charge < -0.3 is 24.8 Å². The molecule has 166 valence electrons. The van der Waals surface area contributed by atoms with E-state index >= 15 is 0 Å². The normalized spacial score (nSPS) is 11.6. The van der Waals surface area contributed by atoms with Crippen molar-refractivity contribution in [2.75, 3.05) is 0 Å². The Labute approximate surface area is 233 Å². The van der Waals surface area contributed by atoms with E-state index in [9.17, 15) is 0 Å². The Hall–Kier alpha value is -2.44. The van der Waals surface area contributed by atoms with E-state index in [1.54, 1.807) is 0 Å². The zero-order chi connectivity index (χ0) is 20.9. The summed E-state index contributed by atoms with van der Waals surface area (Å²) in [6.07, 6.45) is 10.9. The van der Waals surface area contributed by atoms with Crippen LogP contribution in [0.15, 0.2) is 133 Å². The van der Waals surface area contributed by atoms with Gasteiger partial charge in [-0.15, -0.1) is 75.5 Å². The average molecular weight is 559 g/mol. The minimum absolute atomic E-state index is 0. The first kappa shape index (κ1) is 27.8. The van der Waals surface area contributed by atoms with Gasteiger partial charge in [0.05, 0.1) is 0 Å². The Kier molecular flexibility index (Phi) is 11.0. The molecule has 0 aliphatic heterocycles. The molecule has 0 saturated heterocycles. The summed E-state index contributed by atoms with van der Waals surface area (Å²) in [5, 5.41) is 5.46. The van der Waals surface area contributed by atoms with Crippen molar-refractivity contribution in [2.24, 2.45) is 0 Å². The molecule has 0 saturated carbocycles. The molecule has 0 fully saturated rings. The van der Waals surface area contributed by atoms with Crippen LogP contribution in [0.2, 0.25) is 0 Å². The molecule has 1 aliphatic carbocycles. The Morgan fingerprint density at radius 1 is 0.559 bits per heavy atom. The van der Waals surface area contributed by atoms with E-state index in [1.165, 1.54) is 38.2 Å². The van der Waals surface area contributed by atoms with Crippen LogP contribution in [0.5, 0.6) is 0 Å². The quantitative estimate of drug-likeness (QED) is 0.298. The van der Waals surface area contributed by atoms with Gasteiger partial charge >= 0.3 is 26.2 Å². The summed E-state index contributed by atoms with van der Waals surface area (Å²) in [5.74, 6) is 0.436. The second-order valence-electron chi connectivity index (χ2n) is 7.80. The van der Waals surface area contributed by atoms with Crippen molar-refractivity contribution < 1.29 is 51.0 Å². The number of hydrogen-bond acceptors (Lipinski definition) is 0. The van der Waals surface area contributed by atoms with Crippen LogP contribution in [0.25, 0.3) is 21.5 Å². The fourth-order valence-electron chi connectivity index (χ4n) is 4.22. The van der Waals surface area contributed by atoms with Crippen LogP contribution < -0.4 is 24.8 Å². The fraction of sp³-hybridized carbons (Fsp3) is 0.0323. The Morgan fingerprint density at radius 2 is 1.09 bits per heavy atom. The molecule has 0 amide bonds. The van der Waals surface area contributed by atoms with Crippen LogP contribution in [0.4, 0.5) is 0 Å². The smallest absolute Gasteiger partial charge is 1.00 e. The number of benzene rings is 4. The van der Waals surface area contributed by atoms with Crippen molar-refractivity contribution in [3.63, 3.8) is 0 Å². The molecular weight excluding hydrogens is 534 g/mol. The maximum atomic E-state index is 2.32. The number of fused-ring (bicyclic) bond motifs is 3. The number of allylic oxidation sites excluding steroid dienone is 4. The molecule has 0 atom stereocenters. The third-order valence-corrected chi connectivity index (χ3v) is 5.73. The van der Waals surface area contributed by atoms with E-state index in [4.69, 9.17) is 0 Å². The Bertz CT molecular complexity index is 1300. The molecule has 6 rings (SSSR count). The fourth-order valence-corrected chi connectivity index (χ4v) is 4.22. The molecule has 0 radical (unpaired) electrons. The van der Waals surface area contributed by atoms with Crippen molar-refractivity contribution >= 4 is 21.5 Å². The molecule has 5 aromatic rings. The number of hydrogen-bond donors (Lipinski definition) is 0. The molecule has 3 heteroatoms. The van der Waals surface area contributed by atoms with Crippen LogP contribution in [0.3, 0.4) is 0 Å². The molecule has 1 aliphatic rings. The molecule has 0 aromatic heterocycles. The van der Waals surface area contributed by atoms with E-state index in [1.807, 2.05) is 12.1 Å². The molecule has 0 N–H and O–H groups in total. The second kappa shape index (κ2) is 13.5. The SMILES string of the molecule is C1=CC(c2cccc3c2[cH-]c2ccccc23)C=C1.[Cl-].[Cl-].[Zr+4].c1ccc([CH-]c2ccccc2)cc1. The van der Waals surface area contributed by atoms with Crippen LogP contribution >= 0.6 is 0 Å². The zero-order valence-corrected chi connectivity index (χ0v) is 22.6. The molecule has 0 bridgehead atoms. The van der Waals surface area contributed by atoms with E-state index < -0.39 is 0 Å². The Morgan fingerprint density at radius 3 is 1.71 bits per heavy atom. The van der Waals surface area contributed by atoms with Gasteiger partial charge in [0.2, 0.25) is 0 Å². The number of rotatable bonds is 3. The van der Waals surface area contributed by atoms with E-state index in [-0.39, 0.29) is 51.0 Å². The first-order valence-corrected chi connectivity index (χ1v) is 10.8. The molecule has 0 unspecified atom stereocenters. The van der Waals surface area contributed by atoms with E-state index in [0.29, 0.717) is 5.92 Å². The molecule has 0 spiro atoms.